The molecule has 1 saturated heterocycles. The Labute approximate surface area is 199 Å². The molecule has 1 amide bonds. The van der Waals surface area contributed by atoms with Gasteiger partial charge in [-0.25, -0.2) is 0 Å². The van der Waals surface area contributed by atoms with Crippen LogP contribution in [0.1, 0.15) is 40.4 Å². The molecule has 1 N–H and O–H groups in total. The second-order valence-electron chi connectivity index (χ2n) is 8.94. The number of nitrogens with one attached hydrogen (secondary N) is 1. The van der Waals surface area contributed by atoms with E-state index in [2.05, 4.69) is 11.1 Å². The Balaban J connectivity index is 1.41. The highest BCUT2D eigenvalue weighted by atomic mass is 16.5. The number of carbonyl (C=O) groups is 1. The lowest BCUT2D eigenvalue weighted by Gasteiger charge is -2.33. The molecule has 1 aliphatic rings. The summed E-state index contributed by atoms with van der Waals surface area (Å²) < 4.78 is 5.27. The van der Waals surface area contributed by atoms with Crippen LogP contribution >= 0.6 is 0 Å². The third kappa shape index (κ3) is 4.10. The number of nitrogens with zero attached hydrogens (tertiary/aromatic N) is 1. The van der Waals surface area contributed by atoms with Crippen LogP contribution in [0, 0.1) is 6.92 Å². The molecule has 1 atom stereocenters. The molecule has 4 aromatic rings. The molecule has 1 fully saturated rings. The maximum Gasteiger partial charge on any atom is 0.256 e. The fraction of sp³-hybridized carbons (Fsp3) is 0.241. The lowest BCUT2D eigenvalue weighted by Crippen LogP contribution is -2.39. The Morgan fingerprint density at radius 2 is 1.82 bits per heavy atom. The van der Waals surface area contributed by atoms with E-state index in [-0.39, 0.29) is 17.4 Å². The molecule has 0 aliphatic carbocycles. The number of ether oxygens (including phenoxy) is 1. The van der Waals surface area contributed by atoms with Crippen LogP contribution in [0.2, 0.25) is 0 Å². The number of methoxy groups -OCH3 is 1. The van der Waals surface area contributed by atoms with E-state index in [1.54, 1.807) is 7.11 Å². The molecule has 172 valence electrons. The van der Waals surface area contributed by atoms with E-state index in [1.165, 1.54) is 0 Å². The minimum atomic E-state index is -0.0698. The number of rotatable bonds is 4. The first-order valence-electron chi connectivity index (χ1n) is 11.7. The van der Waals surface area contributed by atoms with Crippen LogP contribution in [0.5, 0.6) is 5.75 Å². The third-order valence-corrected chi connectivity index (χ3v) is 6.89. The number of fused-ring (bicyclic) bond motifs is 1. The van der Waals surface area contributed by atoms with Crippen molar-refractivity contribution in [2.45, 2.75) is 25.7 Å². The van der Waals surface area contributed by atoms with Gasteiger partial charge in [0.1, 0.15) is 5.75 Å². The molecule has 0 bridgehead atoms. The van der Waals surface area contributed by atoms with Gasteiger partial charge >= 0.3 is 0 Å². The summed E-state index contributed by atoms with van der Waals surface area (Å²) in [6.45, 7) is 3.33. The zero-order valence-electron chi connectivity index (χ0n) is 19.5. The molecular formula is C29H28N2O3. The Bertz CT molecular complexity index is 1410. The second-order valence-corrected chi connectivity index (χ2v) is 8.94. The van der Waals surface area contributed by atoms with Crippen LogP contribution < -0.4 is 10.3 Å². The van der Waals surface area contributed by atoms with E-state index in [0.29, 0.717) is 11.9 Å². The number of benzene rings is 3. The molecular weight excluding hydrogens is 424 g/mol. The predicted octanol–water partition coefficient (Wildman–Crippen LogP) is 5.53. The van der Waals surface area contributed by atoms with E-state index in [0.717, 1.165) is 58.5 Å². The Morgan fingerprint density at radius 1 is 1.03 bits per heavy atom. The maximum absolute atomic E-state index is 13.6. The molecule has 1 aromatic heterocycles. The van der Waals surface area contributed by atoms with Crippen molar-refractivity contribution in [3.05, 3.63) is 100.0 Å². The molecule has 1 aliphatic heterocycles. The molecule has 0 radical (unpaired) electrons. The number of likely N-dealkylation sites (tertiary alicyclic amines) is 1. The van der Waals surface area contributed by atoms with Crippen molar-refractivity contribution < 1.29 is 9.53 Å². The van der Waals surface area contributed by atoms with E-state index < -0.39 is 0 Å². The number of pyridine rings is 1. The van der Waals surface area contributed by atoms with Gasteiger partial charge in [0.2, 0.25) is 0 Å². The summed E-state index contributed by atoms with van der Waals surface area (Å²) in [6, 6.07) is 23.5. The van der Waals surface area contributed by atoms with Crippen molar-refractivity contribution in [2.75, 3.05) is 20.2 Å². The fourth-order valence-corrected chi connectivity index (χ4v) is 4.99. The zero-order chi connectivity index (χ0) is 23.7. The summed E-state index contributed by atoms with van der Waals surface area (Å²) in [7, 11) is 1.65. The highest BCUT2D eigenvalue weighted by Crippen LogP contribution is 2.31. The minimum absolute atomic E-state index is 0.0423. The number of hydrogen-bond acceptors (Lipinski definition) is 3. The average Bonchev–Trinajstić information content (AvgIpc) is 2.88. The summed E-state index contributed by atoms with van der Waals surface area (Å²) >= 11 is 0. The van der Waals surface area contributed by atoms with Gasteiger partial charge in [-0.1, -0.05) is 42.5 Å². The zero-order valence-corrected chi connectivity index (χ0v) is 19.5. The Morgan fingerprint density at radius 3 is 2.62 bits per heavy atom. The number of H-pyrrole nitrogens is 1. The Kier molecular flexibility index (Phi) is 5.93. The molecule has 3 aromatic carbocycles. The van der Waals surface area contributed by atoms with E-state index in [4.69, 9.17) is 4.74 Å². The fourth-order valence-electron chi connectivity index (χ4n) is 4.99. The predicted molar refractivity (Wildman–Crippen MR) is 136 cm³/mol. The molecule has 5 nitrogen and oxygen atoms in total. The van der Waals surface area contributed by atoms with Gasteiger partial charge in [-0.3, -0.25) is 9.59 Å². The van der Waals surface area contributed by atoms with Gasteiger partial charge < -0.3 is 14.6 Å². The molecule has 5 rings (SSSR count). The van der Waals surface area contributed by atoms with Gasteiger partial charge in [0.15, 0.2) is 0 Å². The summed E-state index contributed by atoms with van der Waals surface area (Å²) in [5.74, 6) is 0.959. The topological polar surface area (TPSA) is 62.4 Å². The van der Waals surface area contributed by atoms with Gasteiger partial charge in [-0.15, -0.1) is 0 Å². The van der Waals surface area contributed by atoms with Crippen LogP contribution in [-0.2, 0) is 0 Å². The largest absolute Gasteiger partial charge is 0.497 e. The van der Waals surface area contributed by atoms with Crippen molar-refractivity contribution in [2.24, 2.45) is 0 Å². The molecule has 5 heteroatoms. The summed E-state index contributed by atoms with van der Waals surface area (Å²) in [6.07, 6.45) is 1.85. The van der Waals surface area contributed by atoms with Gasteiger partial charge in [0, 0.05) is 35.7 Å². The minimum Gasteiger partial charge on any atom is -0.497 e. The van der Waals surface area contributed by atoms with Crippen molar-refractivity contribution in [1.29, 1.82) is 0 Å². The van der Waals surface area contributed by atoms with Crippen LogP contribution in [-0.4, -0.2) is 36.0 Å². The van der Waals surface area contributed by atoms with Gasteiger partial charge in [0.25, 0.3) is 11.5 Å². The maximum atomic E-state index is 13.6. The number of carbonyl (C=O) groups excluding carboxylic acids is 1. The first-order chi connectivity index (χ1) is 16.5. The van der Waals surface area contributed by atoms with Crippen molar-refractivity contribution in [3.63, 3.8) is 0 Å². The van der Waals surface area contributed by atoms with Crippen molar-refractivity contribution in [1.82, 2.24) is 9.88 Å². The summed E-state index contributed by atoms with van der Waals surface area (Å²) in [4.78, 5) is 31.2. The van der Waals surface area contributed by atoms with Crippen LogP contribution in [0.15, 0.2) is 77.6 Å². The lowest BCUT2D eigenvalue weighted by molar-refractivity contribution is 0.0705. The first kappa shape index (κ1) is 22.0. The summed E-state index contributed by atoms with van der Waals surface area (Å²) in [5.41, 5.74) is 4.63. The van der Waals surface area contributed by atoms with Crippen LogP contribution in [0.4, 0.5) is 0 Å². The van der Waals surface area contributed by atoms with Crippen molar-refractivity contribution >= 4 is 16.7 Å². The highest BCUT2D eigenvalue weighted by molar-refractivity contribution is 5.97. The number of piperidine rings is 1. The van der Waals surface area contributed by atoms with Gasteiger partial charge in [-0.2, -0.15) is 0 Å². The number of hydrogen-bond donors (Lipinski definition) is 1. The molecule has 0 spiro atoms. The van der Waals surface area contributed by atoms with Gasteiger partial charge in [0.05, 0.1) is 7.11 Å². The normalized spacial score (nSPS) is 15.9. The third-order valence-electron chi connectivity index (χ3n) is 6.89. The van der Waals surface area contributed by atoms with E-state index >= 15 is 0 Å². The first-order valence-corrected chi connectivity index (χ1v) is 11.7. The molecule has 0 saturated carbocycles. The van der Waals surface area contributed by atoms with E-state index in [1.807, 2.05) is 78.6 Å². The van der Waals surface area contributed by atoms with Crippen LogP contribution in [0.25, 0.3) is 21.9 Å². The number of aromatic nitrogens is 1. The molecule has 34 heavy (non-hydrogen) atoms. The number of aromatic amines is 1. The number of amides is 1. The average molecular weight is 453 g/mol. The monoisotopic (exact) mass is 452 g/mol. The van der Waals surface area contributed by atoms with Gasteiger partial charge in [-0.05, 0) is 72.2 Å². The van der Waals surface area contributed by atoms with Crippen molar-refractivity contribution in [3.8, 4) is 16.9 Å². The summed E-state index contributed by atoms with van der Waals surface area (Å²) in [5, 5.41) is 1.63. The standard InChI is InChI=1S/C29H28N2O3/c1-19-24(20-12-14-23(34-2)15-13-20)10-5-11-25(19)29(33)31-16-6-8-22(18-31)27-17-21-7-3-4-9-26(21)28(32)30-27/h3-5,7,9-15,17,22H,6,8,16,18H2,1-2H3,(H,30,32)/t22-/m1/s1. The molecule has 2 heterocycles. The highest BCUT2D eigenvalue weighted by Gasteiger charge is 2.27. The second kappa shape index (κ2) is 9.18. The van der Waals surface area contributed by atoms with E-state index in [9.17, 15) is 9.59 Å². The SMILES string of the molecule is COc1ccc(-c2cccc(C(=O)N3CCC[C@@H](c4cc5ccccc5c(=O)[nH]4)C3)c2C)cc1. The quantitative estimate of drug-likeness (QED) is 0.443. The Hall–Kier alpha value is -3.86. The smallest absolute Gasteiger partial charge is 0.256 e. The lowest BCUT2D eigenvalue weighted by atomic mass is 9.91. The van der Waals surface area contributed by atoms with Crippen LogP contribution in [0.3, 0.4) is 0 Å². The molecule has 0 unspecified atom stereocenters.